The summed E-state index contributed by atoms with van der Waals surface area (Å²) < 4.78 is 5.04. The first-order chi connectivity index (χ1) is 7.88. The zero-order chi connectivity index (χ0) is 13.4. The maximum absolute atomic E-state index is 11.6. The molecule has 0 aromatic carbocycles. The molecule has 0 fully saturated rings. The molecule has 0 saturated heterocycles. The van der Waals surface area contributed by atoms with Gasteiger partial charge in [-0.2, -0.15) is 0 Å². The summed E-state index contributed by atoms with van der Waals surface area (Å²) in [5.41, 5.74) is 3.70. The lowest BCUT2D eigenvalue weighted by Gasteiger charge is -2.13. The van der Waals surface area contributed by atoms with Crippen LogP contribution in [0.5, 0.6) is 0 Å². The predicted octanol–water partition coefficient (Wildman–Crippen LogP) is 4.04. The van der Waals surface area contributed by atoms with Crippen molar-refractivity contribution in [2.45, 2.75) is 41.0 Å². The summed E-state index contributed by atoms with van der Waals surface area (Å²) in [6.07, 6.45) is 4.44. The van der Waals surface area contributed by atoms with Gasteiger partial charge in [0.15, 0.2) is 0 Å². The molecule has 0 N–H and O–H groups in total. The molecular formula is C15H24O2. The van der Waals surface area contributed by atoms with Crippen LogP contribution < -0.4 is 0 Å². The molecule has 0 aromatic heterocycles. The first-order valence-corrected chi connectivity index (χ1v) is 5.97. The molecular weight excluding hydrogens is 212 g/mol. The Morgan fingerprint density at radius 2 is 1.88 bits per heavy atom. The van der Waals surface area contributed by atoms with E-state index in [0.717, 1.165) is 6.42 Å². The molecule has 0 aliphatic rings. The van der Waals surface area contributed by atoms with Crippen LogP contribution in [0.1, 0.15) is 41.0 Å². The van der Waals surface area contributed by atoms with Crippen molar-refractivity contribution >= 4 is 5.97 Å². The van der Waals surface area contributed by atoms with Gasteiger partial charge in [0.25, 0.3) is 0 Å². The summed E-state index contributed by atoms with van der Waals surface area (Å²) >= 11 is 0. The SMILES string of the molecule is C=CCOC(=O)C(C)CC(C=C(C)C)=C(C)C. The van der Waals surface area contributed by atoms with Gasteiger partial charge in [0, 0.05) is 0 Å². The molecule has 0 aliphatic carbocycles. The monoisotopic (exact) mass is 236 g/mol. The standard InChI is InChI=1S/C15H24O2/c1-7-8-17-15(16)13(6)10-14(12(4)5)9-11(2)3/h7,9,13H,1,8,10H2,2-6H3. The number of rotatable bonds is 6. The number of hydrogen-bond donors (Lipinski definition) is 0. The topological polar surface area (TPSA) is 26.3 Å². The van der Waals surface area contributed by atoms with E-state index in [4.69, 9.17) is 4.74 Å². The quantitative estimate of drug-likeness (QED) is 0.395. The van der Waals surface area contributed by atoms with Crippen molar-refractivity contribution in [1.82, 2.24) is 0 Å². The summed E-state index contributed by atoms with van der Waals surface area (Å²) in [7, 11) is 0. The van der Waals surface area contributed by atoms with Gasteiger partial charge in [0.1, 0.15) is 6.61 Å². The van der Waals surface area contributed by atoms with Gasteiger partial charge in [-0.3, -0.25) is 4.79 Å². The summed E-state index contributed by atoms with van der Waals surface area (Å²) in [4.78, 5) is 11.6. The number of esters is 1. The second-order valence-corrected chi connectivity index (χ2v) is 4.77. The molecule has 0 radical (unpaired) electrons. The predicted molar refractivity (Wildman–Crippen MR) is 72.7 cm³/mol. The number of ether oxygens (including phenoxy) is 1. The number of allylic oxidation sites excluding steroid dienone is 4. The lowest BCUT2D eigenvalue weighted by molar-refractivity contribution is -0.146. The zero-order valence-electron chi connectivity index (χ0n) is 11.7. The van der Waals surface area contributed by atoms with Crippen molar-refractivity contribution in [3.63, 3.8) is 0 Å². The molecule has 0 spiro atoms. The highest BCUT2D eigenvalue weighted by molar-refractivity contribution is 5.72. The van der Waals surface area contributed by atoms with Crippen molar-refractivity contribution in [3.05, 3.63) is 35.5 Å². The Kier molecular flexibility index (Phi) is 7.27. The van der Waals surface area contributed by atoms with E-state index in [2.05, 4.69) is 40.3 Å². The summed E-state index contributed by atoms with van der Waals surface area (Å²) in [5.74, 6) is -0.277. The van der Waals surface area contributed by atoms with Crippen molar-refractivity contribution in [3.8, 4) is 0 Å². The Morgan fingerprint density at radius 1 is 1.29 bits per heavy atom. The third-order valence-electron chi connectivity index (χ3n) is 2.38. The summed E-state index contributed by atoms with van der Waals surface area (Å²) in [5, 5.41) is 0. The minimum Gasteiger partial charge on any atom is -0.461 e. The highest BCUT2D eigenvalue weighted by atomic mass is 16.5. The highest BCUT2D eigenvalue weighted by Gasteiger charge is 2.15. The second-order valence-electron chi connectivity index (χ2n) is 4.77. The average molecular weight is 236 g/mol. The summed E-state index contributed by atoms with van der Waals surface area (Å²) in [6, 6.07) is 0. The fourth-order valence-corrected chi connectivity index (χ4v) is 1.45. The molecule has 2 nitrogen and oxygen atoms in total. The van der Waals surface area contributed by atoms with Crippen LogP contribution in [-0.2, 0) is 9.53 Å². The van der Waals surface area contributed by atoms with Crippen LogP contribution in [0.4, 0.5) is 0 Å². The van der Waals surface area contributed by atoms with E-state index in [1.54, 1.807) is 6.08 Å². The van der Waals surface area contributed by atoms with Crippen molar-refractivity contribution in [2.24, 2.45) is 5.92 Å². The van der Waals surface area contributed by atoms with Gasteiger partial charge < -0.3 is 4.74 Å². The molecule has 0 amide bonds. The van der Waals surface area contributed by atoms with Gasteiger partial charge in [0.2, 0.25) is 0 Å². The molecule has 0 rings (SSSR count). The van der Waals surface area contributed by atoms with E-state index in [9.17, 15) is 4.79 Å². The highest BCUT2D eigenvalue weighted by Crippen LogP contribution is 2.19. The molecule has 0 aromatic rings. The van der Waals surface area contributed by atoms with Crippen LogP contribution >= 0.6 is 0 Å². The molecule has 0 saturated carbocycles. The molecule has 0 heterocycles. The largest absolute Gasteiger partial charge is 0.461 e. The van der Waals surface area contributed by atoms with E-state index < -0.39 is 0 Å². The van der Waals surface area contributed by atoms with E-state index in [1.807, 2.05) is 6.92 Å². The zero-order valence-corrected chi connectivity index (χ0v) is 11.7. The minimum absolute atomic E-state index is 0.115. The fourth-order valence-electron chi connectivity index (χ4n) is 1.45. The Bertz CT molecular complexity index is 327. The Labute approximate surface area is 105 Å². The third-order valence-corrected chi connectivity index (χ3v) is 2.38. The van der Waals surface area contributed by atoms with Crippen LogP contribution in [0.2, 0.25) is 0 Å². The lowest BCUT2D eigenvalue weighted by Crippen LogP contribution is -2.15. The molecule has 0 aliphatic heterocycles. The molecule has 0 bridgehead atoms. The van der Waals surface area contributed by atoms with Crippen LogP contribution in [0.3, 0.4) is 0 Å². The fraction of sp³-hybridized carbons (Fsp3) is 0.533. The van der Waals surface area contributed by atoms with Crippen LogP contribution in [0.25, 0.3) is 0 Å². The van der Waals surface area contributed by atoms with Crippen molar-refractivity contribution in [2.75, 3.05) is 6.61 Å². The van der Waals surface area contributed by atoms with Crippen LogP contribution in [-0.4, -0.2) is 12.6 Å². The van der Waals surface area contributed by atoms with Gasteiger partial charge in [-0.1, -0.05) is 36.8 Å². The van der Waals surface area contributed by atoms with Gasteiger partial charge in [-0.15, -0.1) is 0 Å². The van der Waals surface area contributed by atoms with Crippen molar-refractivity contribution < 1.29 is 9.53 Å². The maximum atomic E-state index is 11.6. The Hall–Kier alpha value is -1.31. The number of carbonyl (C=O) groups excluding carboxylic acids is 1. The summed E-state index contributed by atoms with van der Waals surface area (Å²) in [6.45, 7) is 14.0. The number of carbonyl (C=O) groups is 1. The van der Waals surface area contributed by atoms with E-state index in [-0.39, 0.29) is 18.5 Å². The number of hydrogen-bond acceptors (Lipinski definition) is 2. The first kappa shape index (κ1) is 15.7. The van der Waals surface area contributed by atoms with Gasteiger partial charge in [-0.25, -0.2) is 0 Å². The first-order valence-electron chi connectivity index (χ1n) is 5.97. The Balaban J connectivity index is 4.58. The molecule has 96 valence electrons. The molecule has 2 heteroatoms. The van der Waals surface area contributed by atoms with Gasteiger partial charge in [0.05, 0.1) is 5.92 Å². The smallest absolute Gasteiger partial charge is 0.309 e. The Morgan fingerprint density at radius 3 is 2.29 bits per heavy atom. The van der Waals surface area contributed by atoms with E-state index in [1.165, 1.54) is 16.7 Å². The maximum Gasteiger partial charge on any atom is 0.309 e. The molecule has 17 heavy (non-hydrogen) atoms. The van der Waals surface area contributed by atoms with Crippen molar-refractivity contribution in [1.29, 1.82) is 0 Å². The third kappa shape index (κ3) is 6.77. The van der Waals surface area contributed by atoms with Gasteiger partial charge in [-0.05, 0) is 39.7 Å². The minimum atomic E-state index is -0.161. The molecule has 1 atom stereocenters. The average Bonchev–Trinajstić information content (AvgIpc) is 2.23. The normalized spacial score (nSPS) is 11.4. The van der Waals surface area contributed by atoms with Crippen LogP contribution in [0.15, 0.2) is 35.5 Å². The second kappa shape index (κ2) is 7.88. The molecule has 1 unspecified atom stereocenters. The lowest BCUT2D eigenvalue weighted by atomic mass is 9.96. The van der Waals surface area contributed by atoms with E-state index in [0.29, 0.717) is 0 Å². The van der Waals surface area contributed by atoms with Crippen LogP contribution in [0, 0.1) is 5.92 Å². The van der Waals surface area contributed by atoms with Gasteiger partial charge >= 0.3 is 5.97 Å². The van der Waals surface area contributed by atoms with E-state index >= 15 is 0 Å².